The lowest BCUT2D eigenvalue weighted by molar-refractivity contribution is 0.471. The molecule has 0 saturated carbocycles. The van der Waals surface area contributed by atoms with Gasteiger partial charge in [0.05, 0.1) is 0 Å². The quantitative estimate of drug-likeness (QED) is 0.776. The Hall–Kier alpha value is -0.600. The number of aryl methyl sites for hydroxylation is 1. The van der Waals surface area contributed by atoms with Gasteiger partial charge in [0.1, 0.15) is 0 Å². The van der Waals surface area contributed by atoms with Crippen LogP contribution in [0.25, 0.3) is 0 Å². The van der Waals surface area contributed by atoms with E-state index in [0.717, 1.165) is 6.42 Å². The zero-order valence-corrected chi connectivity index (χ0v) is 11.0. The number of allylic oxidation sites excluding steroid dienone is 1. The summed E-state index contributed by atoms with van der Waals surface area (Å²) in [7, 11) is 0. The van der Waals surface area contributed by atoms with Crippen molar-refractivity contribution in [3.63, 3.8) is 0 Å². The molecule has 1 N–H and O–H groups in total. The number of thiophene rings is 1. The molecule has 1 aliphatic carbocycles. The van der Waals surface area contributed by atoms with Gasteiger partial charge < -0.3 is 5.32 Å². The van der Waals surface area contributed by atoms with Gasteiger partial charge in [-0.05, 0) is 44.7 Å². The first kappa shape index (κ1) is 11.9. The largest absolute Gasteiger partial charge is 0.303 e. The van der Waals surface area contributed by atoms with Crippen molar-refractivity contribution in [3.05, 3.63) is 34.0 Å². The highest BCUT2D eigenvalue weighted by Crippen LogP contribution is 2.24. The Morgan fingerprint density at radius 1 is 1.50 bits per heavy atom. The van der Waals surface area contributed by atoms with Crippen LogP contribution in [-0.4, -0.2) is 6.04 Å². The monoisotopic (exact) mass is 235 g/mol. The number of hydrogen-bond acceptors (Lipinski definition) is 2. The highest BCUT2D eigenvalue weighted by Gasteiger charge is 2.13. The zero-order valence-electron chi connectivity index (χ0n) is 10.2. The van der Waals surface area contributed by atoms with Crippen LogP contribution < -0.4 is 5.32 Å². The minimum absolute atomic E-state index is 0.484. The lowest BCUT2D eigenvalue weighted by atomic mass is 10.0. The second-order valence-electron chi connectivity index (χ2n) is 4.51. The van der Waals surface area contributed by atoms with Crippen molar-refractivity contribution in [1.29, 1.82) is 0 Å². The third-order valence-electron chi connectivity index (χ3n) is 3.18. The van der Waals surface area contributed by atoms with E-state index in [0.29, 0.717) is 12.1 Å². The Morgan fingerprint density at radius 2 is 2.38 bits per heavy atom. The molecule has 16 heavy (non-hydrogen) atoms. The normalized spacial score (nSPS) is 22.2. The van der Waals surface area contributed by atoms with Crippen LogP contribution in [0, 0.1) is 0 Å². The second-order valence-corrected chi connectivity index (χ2v) is 5.71. The molecule has 1 aliphatic rings. The fourth-order valence-corrected chi connectivity index (χ4v) is 3.14. The molecular weight excluding hydrogens is 214 g/mol. The fraction of sp³-hybridized carbons (Fsp3) is 0.571. The van der Waals surface area contributed by atoms with E-state index in [9.17, 15) is 0 Å². The minimum Gasteiger partial charge on any atom is -0.303 e. The van der Waals surface area contributed by atoms with Gasteiger partial charge >= 0.3 is 0 Å². The number of nitrogens with one attached hydrogen (secondary N) is 1. The Balaban J connectivity index is 1.93. The van der Waals surface area contributed by atoms with E-state index in [1.807, 2.05) is 11.3 Å². The fourth-order valence-electron chi connectivity index (χ4n) is 2.17. The number of hydrogen-bond donors (Lipinski definition) is 1. The van der Waals surface area contributed by atoms with Gasteiger partial charge in [0, 0.05) is 21.8 Å². The molecule has 0 radical (unpaired) electrons. The van der Waals surface area contributed by atoms with E-state index in [1.54, 1.807) is 0 Å². The van der Waals surface area contributed by atoms with Gasteiger partial charge in [-0.1, -0.05) is 19.1 Å². The summed E-state index contributed by atoms with van der Waals surface area (Å²) in [5, 5.41) is 3.70. The Labute approximate surface area is 103 Å². The standard InChI is InChI=1S/C14H21NS/c1-3-13-9-10-14(16-13)11(2)15-12-7-5-4-6-8-12/h5,7,9-12,15H,3-4,6,8H2,1-2H3. The summed E-state index contributed by atoms with van der Waals surface area (Å²) in [6.45, 7) is 4.49. The minimum atomic E-state index is 0.484. The van der Waals surface area contributed by atoms with Crippen LogP contribution in [0.5, 0.6) is 0 Å². The van der Waals surface area contributed by atoms with E-state index in [-0.39, 0.29) is 0 Å². The van der Waals surface area contributed by atoms with Crippen LogP contribution >= 0.6 is 11.3 Å². The molecular formula is C14H21NS. The lowest BCUT2D eigenvalue weighted by Gasteiger charge is -2.22. The molecule has 0 saturated heterocycles. The summed E-state index contributed by atoms with van der Waals surface area (Å²) in [5.74, 6) is 0. The van der Waals surface area contributed by atoms with Gasteiger partial charge in [0.15, 0.2) is 0 Å². The van der Waals surface area contributed by atoms with Gasteiger partial charge in [-0.15, -0.1) is 11.3 Å². The second kappa shape index (κ2) is 5.65. The topological polar surface area (TPSA) is 12.0 Å². The first-order valence-electron chi connectivity index (χ1n) is 6.31. The summed E-state index contributed by atoms with van der Waals surface area (Å²) in [6.07, 6.45) is 9.65. The summed E-state index contributed by atoms with van der Waals surface area (Å²) < 4.78 is 0. The van der Waals surface area contributed by atoms with Gasteiger partial charge in [-0.2, -0.15) is 0 Å². The van der Waals surface area contributed by atoms with E-state index >= 15 is 0 Å². The van der Waals surface area contributed by atoms with Crippen molar-refractivity contribution in [2.45, 2.75) is 51.6 Å². The van der Waals surface area contributed by atoms with Crippen LogP contribution in [0.4, 0.5) is 0 Å². The van der Waals surface area contributed by atoms with E-state index < -0.39 is 0 Å². The molecule has 0 spiro atoms. The highest BCUT2D eigenvalue weighted by atomic mass is 32.1. The predicted molar refractivity (Wildman–Crippen MR) is 72.0 cm³/mol. The van der Waals surface area contributed by atoms with Gasteiger partial charge in [-0.25, -0.2) is 0 Å². The predicted octanol–water partition coefficient (Wildman–Crippen LogP) is 4.07. The molecule has 2 heteroatoms. The van der Waals surface area contributed by atoms with Crippen molar-refractivity contribution >= 4 is 11.3 Å². The van der Waals surface area contributed by atoms with Crippen LogP contribution in [0.15, 0.2) is 24.3 Å². The molecule has 0 aromatic carbocycles. The lowest BCUT2D eigenvalue weighted by Crippen LogP contribution is -2.30. The first-order valence-corrected chi connectivity index (χ1v) is 7.12. The third kappa shape index (κ3) is 2.96. The Bertz CT molecular complexity index is 353. The third-order valence-corrected chi connectivity index (χ3v) is 4.59. The SMILES string of the molecule is CCc1ccc(C(C)NC2C=CCCC2)s1. The Kier molecular flexibility index (Phi) is 4.19. The van der Waals surface area contributed by atoms with E-state index in [1.165, 1.54) is 29.0 Å². The van der Waals surface area contributed by atoms with Crippen molar-refractivity contribution in [2.24, 2.45) is 0 Å². The molecule has 1 aromatic heterocycles. The molecule has 0 aliphatic heterocycles. The molecule has 0 amide bonds. The maximum atomic E-state index is 3.70. The molecule has 2 atom stereocenters. The van der Waals surface area contributed by atoms with Crippen molar-refractivity contribution in [3.8, 4) is 0 Å². The molecule has 2 unspecified atom stereocenters. The van der Waals surface area contributed by atoms with Crippen molar-refractivity contribution in [2.75, 3.05) is 0 Å². The first-order chi connectivity index (χ1) is 7.79. The smallest absolute Gasteiger partial charge is 0.0391 e. The van der Waals surface area contributed by atoms with Gasteiger partial charge in [0.25, 0.3) is 0 Å². The maximum absolute atomic E-state index is 3.70. The highest BCUT2D eigenvalue weighted by molar-refractivity contribution is 7.12. The molecule has 88 valence electrons. The summed E-state index contributed by atoms with van der Waals surface area (Å²) in [4.78, 5) is 2.96. The van der Waals surface area contributed by atoms with Gasteiger partial charge in [0.2, 0.25) is 0 Å². The molecule has 1 heterocycles. The number of rotatable bonds is 4. The zero-order chi connectivity index (χ0) is 11.4. The molecule has 0 fully saturated rings. The van der Waals surface area contributed by atoms with Crippen LogP contribution in [-0.2, 0) is 6.42 Å². The summed E-state index contributed by atoms with van der Waals surface area (Å²) in [6, 6.07) is 5.59. The van der Waals surface area contributed by atoms with Gasteiger partial charge in [-0.3, -0.25) is 0 Å². The van der Waals surface area contributed by atoms with Crippen LogP contribution in [0.2, 0.25) is 0 Å². The summed E-state index contributed by atoms with van der Waals surface area (Å²) in [5.41, 5.74) is 0. The average Bonchev–Trinajstić information content (AvgIpc) is 2.79. The molecule has 2 rings (SSSR count). The van der Waals surface area contributed by atoms with Crippen molar-refractivity contribution in [1.82, 2.24) is 5.32 Å². The van der Waals surface area contributed by atoms with Crippen LogP contribution in [0.3, 0.4) is 0 Å². The molecule has 0 bridgehead atoms. The van der Waals surface area contributed by atoms with E-state index in [4.69, 9.17) is 0 Å². The Morgan fingerprint density at radius 3 is 3.00 bits per heavy atom. The molecule has 1 aromatic rings. The summed E-state index contributed by atoms with van der Waals surface area (Å²) >= 11 is 1.94. The van der Waals surface area contributed by atoms with E-state index in [2.05, 4.69) is 43.4 Å². The average molecular weight is 235 g/mol. The van der Waals surface area contributed by atoms with Crippen molar-refractivity contribution < 1.29 is 0 Å². The molecule has 1 nitrogen and oxygen atoms in total. The van der Waals surface area contributed by atoms with Crippen LogP contribution in [0.1, 0.15) is 48.9 Å². The maximum Gasteiger partial charge on any atom is 0.0391 e.